The number of hydrogen-bond acceptors (Lipinski definition) is 2. The van der Waals surface area contributed by atoms with Crippen molar-refractivity contribution in [3.63, 3.8) is 0 Å². The van der Waals surface area contributed by atoms with Crippen LogP contribution < -0.4 is 5.32 Å². The summed E-state index contributed by atoms with van der Waals surface area (Å²) in [4.78, 5) is 1.40. The van der Waals surface area contributed by atoms with Crippen LogP contribution in [-0.2, 0) is 13.0 Å². The van der Waals surface area contributed by atoms with Gasteiger partial charge in [-0.25, -0.2) is 4.39 Å². The summed E-state index contributed by atoms with van der Waals surface area (Å²) < 4.78 is 12.6. The maximum Gasteiger partial charge on any atom is 0.123 e. The van der Waals surface area contributed by atoms with E-state index in [4.69, 9.17) is 0 Å². The van der Waals surface area contributed by atoms with Crippen molar-refractivity contribution in [1.29, 1.82) is 0 Å². The van der Waals surface area contributed by atoms with Crippen LogP contribution in [0.3, 0.4) is 0 Å². The van der Waals surface area contributed by atoms with Gasteiger partial charge in [0.1, 0.15) is 5.82 Å². The van der Waals surface area contributed by atoms with Crippen molar-refractivity contribution in [2.24, 2.45) is 0 Å². The van der Waals surface area contributed by atoms with Crippen molar-refractivity contribution in [2.45, 2.75) is 13.0 Å². The number of thiophene rings is 1. The minimum Gasteiger partial charge on any atom is -0.312 e. The second kappa shape index (κ2) is 5.77. The first-order valence-corrected chi connectivity index (χ1v) is 6.20. The number of benzene rings is 1. The third-order valence-corrected chi connectivity index (χ3v) is 3.31. The Balaban J connectivity index is 1.70. The van der Waals surface area contributed by atoms with Gasteiger partial charge in [0, 0.05) is 18.0 Å². The predicted octanol–water partition coefficient (Wildman–Crippen LogP) is 3.22. The van der Waals surface area contributed by atoms with E-state index in [1.165, 1.54) is 17.0 Å². The molecule has 0 bridgehead atoms. The lowest BCUT2D eigenvalue weighted by molar-refractivity contribution is 0.625. The number of rotatable bonds is 5. The summed E-state index contributed by atoms with van der Waals surface area (Å²) in [5.41, 5.74) is 1.12. The fraction of sp³-hybridized carbons (Fsp3) is 0.231. The summed E-state index contributed by atoms with van der Waals surface area (Å²) in [6.07, 6.45) is 1.05. The van der Waals surface area contributed by atoms with Crippen molar-refractivity contribution in [2.75, 3.05) is 6.54 Å². The molecule has 0 atom stereocenters. The number of nitrogens with one attached hydrogen (secondary N) is 1. The van der Waals surface area contributed by atoms with E-state index >= 15 is 0 Å². The average Bonchev–Trinajstić information content (AvgIpc) is 2.80. The maximum absolute atomic E-state index is 12.6. The Morgan fingerprint density at radius 2 is 1.94 bits per heavy atom. The smallest absolute Gasteiger partial charge is 0.123 e. The molecule has 1 nitrogen and oxygen atoms in total. The van der Waals surface area contributed by atoms with Crippen molar-refractivity contribution in [3.05, 3.63) is 58.0 Å². The third kappa shape index (κ3) is 3.43. The second-order valence-corrected chi connectivity index (χ2v) is 4.66. The van der Waals surface area contributed by atoms with Gasteiger partial charge in [0.15, 0.2) is 0 Å². The molecule has 0 spiro atoms. The van der Waals surface area contributed by atoms with Gasteiger partial charge in [0.05, 0.1) is 0 Å². The zero-order chi connectivity index (χ0) is 11.2. The van der Waals surface area contributed by atoms with Crippen LogP contribution in [-0.4, -0.2) is 6.54 Å². The quantitative estimate of drug-likeness (QED) is 0.785. The van der Waals surface area contributed by atoms with Gasteiger partial charge in [-0.3, -0.25) is 0 Å². The molecule has 0 amide bonds. The highest BCUT2D eigenvalue weighted by Gasteiger charge is 1.95. The zero-order valence-electron chi connectivity index (χ0n) is 8.95. The summed E-state index contributed by atoms with van der Waals surface area (Å²) >= 11 is 1.78. The molecule has 1 N–H and O–H groups in total. The van der Waals surface area contributed by atoms with E-state index in [-0.39, 0.29) is 5.82 Å². The number of hydrogen-bond donors (Lipinski definition) is 1. The van der Waals surface area contributed by atoms with Crippen LogP contribution in [0.5, 0.6) is 0 Å². The van der Waals surface area contributed by atoms with E-state index in [2.05, 4.69) is 22.8 Å². The standard InChI is InChI=1S/C13H14FNS/c14-12-5-3-11(4-6-12)10-15-8-7-13-2-1-9-16-13/h1-6,9,15H,7-8,10H2. The van der Waals surface area contributed by atoms with Gasteiger partial charge >= 0.3 is 0 Å². The number of halogens is 1. The van der Waals surface area contributed by atoms with E-state index in [9.17, 15) is 4.39 Å². The zero-order valence-corrected chi connectivity index (χ0v) is 9.77. The van der Waals surface area contributed by atoms with Crippen molar-refractivity contribution in [3.8, 4) is 0 Å². The highest BCUT2D eigenvalue weighted by molar-refractivity contribution is 7.09. The van der Waals surface area contributed by atoms with Crippen molar-refractivity contribution >= 4 is 11.3 Å². The Morgan fingerprint density at radius 1 is 1.12 bits per heavy atom. The van der Waals surface area contributed by atoms with Crippen LogP contribution in [0.25, 0.3) is 0 Å². The summed E-state index contributed by atoms with van der Waals surface area (Å²) in [7, 11) is 0. The lowest BCUT2D eigenvalue weighted by Crippen LogP contribution is -2.16. The topological polar surface area (TPSA) is 12.0 Å². The van der Waals surface area contributed by atoms with Crippen LogP contribution in [0, 0.1) is 5.82 Å². The fourth-order valence-corrected chi connectivity index (χ4v) is 2.21. The third-order valence-electron chi connectivity index (χ3n) is 2.37. The summed E-state index contributed by atoms with van der Waals surface area (Å²) in [5.74, 6) is -0.178. The molecule has 2 rings (SSSR count). The predicted molar refractivity (Wildman–Crippen MR) is 66.1 cm³/mol. The average molecular weight is 235 g/mol. The van der Waals surface area contributed by atoms with E-state index in [1.807, 2.05) is 12.1 Å². The Morgan fingerprint density at radius 3 is 2.62 bits per heavy atom. The van der Waals surface area contributed by atoms with E-state index in [1.54, 1.807) is 11.3 Å². The second-order valence-electron chi connectivity index (χ2n) is 3.63. The van der Waals surface area contributed by atoms with Gasteiger partial charge in [-0.1, -0.05) is 18.2 Å². The van der Waals surface area contributed by atoms with Gasteiger partial charge in [0.2, 0.25) is 0 Å². The fourth-order valence-electron chi connectivity index (χ4n) is 1.50. The highest BCUT2D eigenvalue weighted by atomic mass is 32.1. The molecule has 0 saturated carbocycles. The molecule has 0 saturated heterocycles. The van der Waals surface area contributed by atoms with E-state index in [0.717, 1.165) is 25.1 Å². The van der Waals surface area contributed by atoms with E-state index in [0.29, 0.717) is 0 Å². The monoisotopic (exact) mass is 235 g/mol. The van der Waals surface area contributed by atoms with Crippen LogP contribution in [0.15, 0.2) is 41.8 Å². The normalized spacial score (nSPS) is 10.6. The lowest BCUT2D eigenvalue weighted by Gasteiger charge is -2.03. The summed E-state index contributed by atoms with van der Waals surface area (Å²) in [6, 6.07) is 10.8. The molecule has 84 valence electrons. The first-order valence-electron chi connectivity index (χ1n) is 5.32. The van der Waals surface area contributed by atoms with Gasteiger partial charge in [-0.05, 0) is 35.6 Å². The molecular formula is C13H14FNS. The minimum atomic E-state index is -0.178. The SMILES string of the molecule is Fc1ccc(CNCCc2cccs2)cc1. The van der Waals surface area contributed by atoms with Crippen LogP contribution in [0.2, 0.25) is 0 Å². The van der Waals surface area contributed by atoms with E-state index < -0.39 is 0 Å². The summed E-state index contributed by atoms with van der Waals surface area (Å²) in [6.45, 7) is 1.75. The molecule has 0 aliphatic rings. The Labute approximate surface area is 98.9 Å². The first-order chi connectivity index (χ1) is 7.84. The van der Waals surface area contributed by atoms with Gasteiger partial charge in [0.25, 0.3) is 0 Å². The molecule has 1 aromatic heterocycles. The Bertz CT molecular complexity index is 408. The molecule has 2 aromatic rings. The molecule has 1 aromatic carbocycles. The van der Waals surface area contributed by atoms with Crippen LogP contribution in [0.4, 0.5) is 4.39 Å². The molecule has 16 heavy (non-hydrogen) atoms. The van der Waals surface area contributed by atoms with Crippen LogP contribution >= 0.6 is 11.3 Å². The molecule has 0 aliphatic heterocycles. The molecule has 0 aliphatic carbocycles. The molecule has 3 heteroatoms. The largest absolute Gasteiger partial charge is 0.312 e. The van der Waals surface area contributed by atoms with Gasteiger partial charge in [-0.2, -0.15) is 0 Å². The van der Waals surface area contributed by atoms with Gasteiger partial charge < -0.3 is 5.32 Å². The van der Waals surface area contributed by atoms with Crippen molar-refractivity contribution in [1.82, 2.24) is 5.32 Å². The molecule has 0 unspecified atom stereocenters. The molecule has 1 heterocycles. The Kier molecular flexibility index (Phi) is 4.08. The Hall–Kier alpha value is -1.19. The van der Waals surface area contributed by atoms with Gasteiger partial charge in [-0.15, -0.1) is 11.3 Å². The van der Waals surface area contributed by atoms with Crippen molar-refractivity contribution < 1.29 is 4.39 Å². The highest BCUT2D eigenvalue weighted by Crippen LogP contribution is 2.08. The maximum atomic E-state index is 12.6. The minimum absolute atomic E-state index is 0.178. The first kappa shape index (κ1) is 11.3. The lowest BCUT2D eigenvalue weighted by atomic mass is 10.2. The van der Waals surface area contributed by atoms with Crippen LogP contribution in [0.1, 0.15) is 10.4 Å². The molecule has 0 fully saturated rings. The molecular weight excluding hydrogens is 221 g/mol. The summed E-state index contributed by atoms with van der Waals surface area (Å²) in [5, 5.41) is 5.44. The molecule has 0 radical (unpaired) electrons.